The van der Waals surface area contributed by atoms with Crippen molar-refractivity contribution >= 4 is 108 Å². The summed E-state index contributed by atoms with van der Waals surface area (Å²) in [6.07, 6.45) is 16.1. The topological polar surface area (TPSA) is 318 Å². The van der Waals surface area contributed by atoms with E-state index in [0.717, 1.165) is 135 Å². The van der Waals surface area contributed by atoms with Crippen molar-refractivity contribution in [2.24, 2.45) is 0 Å². The highest BCUT2D eigenvalue weighted by atomic mass is 35.5. The summed E-state index contributed by atoms with van der Waals surface area (Å²) in [5.41, 5.74) is 14.6. The minimum absolute atomic E-state index is 0.00925. The molecule has 19 rings (SSSR count). The summed E-state index contributed by atoms with van der Waals surface area (Å²) < 4.78 is 25.8. The van der Waals surface area contributed by atoms with Crippen molar-refractivity contribution in [2.75, 3.05) is 182 Å². The largest absolute Gasteiger partial charge is 0.462 e. The number of anilines is 6. The third kappa shape index (κ3) is 20.0. The third-order valence-electron chi connectivity index (χ3n) is 29.9. The Labute approximate surface area is 816 Å². The number of amides is 4. The first-order valence-corrected chi connectivity index (χ1v) is 49.1. The number of hydrogen-bond acceptors (Lipinski definition) is 27. The maximum atomic E-state index is 14.1. The molecule has 718 valence electrons. The van der Waals surface area contributed by atoms with Gasteiger partial charge in [-0.05, 0) is 185 Å². The lowest BCUT2D eigenvalue weighted by Gasteiger charge is -2.42. The van der Waals surface area contributed by atoms with Crippen LogP contribution in [0.25, 0.3) is 38.4 Å². The normalized spacial score (nSPS) is 21.5. The molecular formula is C107H120ClN23O8. The average Bonchev–Trinajstić information content (AvgIpc) is 1.61. The first kappa shape index (κ1) is 94.4. The summed E-state index contributed by atoms with van der Waals surface area (Å²) >= 11 is 6.98. The minimum Gasteiger partial charge on any atom is -0.462 e. The van der Waals surface area contributed by atoms with Gasteiger partial charge in [0.05, 0.1) is 110 Å². The van der Waals surface area contributed by atoms with E-state index < -0.39 is 17.9 Å². The number of methoxy groups -OCH3 is 1. The van der Waals surface area contributed by atoms with Crippen LogP contribution in [0.3, 0.4) is 0 Å². The number of carbonyl (C=O) groups excluding carboxylic acids is 4. The fraction of sp³-hybridized carbons (Fsp3) is 0.439. The fourth-order valence-corrected chi connectivity index (χ4v) is 23.0. The smallest absolute Gasteiger partial charge is 0.318 e. The van der Waals surface area contributed by atoms with Gasteiger partial charge in [-0.15, -0.1) is 0 Å². The molecule has 4 aromatic heterocycles. The van der Waals surface area contributed by atoms with Crippen molar-refractivity contribution in [3.8, 4) is 36.2 Å². The van der Waals surface area contributed by atoms with Crippen LogP contribution < -0.4 is 48.9 Å². The van der Waals surface area contributed by atoms with Crippen LogP contribution in [0.15, 0.2) is 152 Å². The number of likely N-dealkylation sites (N-methyl/N-ethyl adjacent to an activating group) is 3. The van der Waals surface area contributed by atoms with Gasteiger partial charge in [-0.3, -0.25) is 34.0 Å². The van der Waals surface area contributed by atoms with Crippen molar-refractivity contribution in [3.63, 3.8) is 0 Å². The van der Waals surface area contributed by atoms with E-state index in [1.165, 1.54) is 45.8 Å². The molecule has 10 aromatic rings. The van der Waals surface area contributed by atoms with Gasteiger partial charge in [0.1, 0.15) is 37.3 Å². The summed E-state index contributed by atoms with van der Waals surface area (Å²) in [4.78, 5) is 116. The van der Waals surface area contributed by atoms with E-state index in [9.17, 15) is 35.0 Å². The van der Waals surface area contributed by atoms with E-state index in [2.05, 4.69) is 199 Å². The summed E-state index contributed by atoms with van der Waals surface area (Å²) in [7, 11) is 8.07. The number of pyridine rings is 1. The lowest BCUT2D eigenvalue weighted by Crippen LogP contribution is -2.56. The number of aryl methyl sites for hydroxylation is 2. The molecule has 8 atom stereocenters. The molecule has 6 aromatic carbocycles. The Morgan fingerprint density at radius 2 is 1.00 bits per heavy atom. The molecule has 139 heavy (non-hydrogen) atoms. The first-order chi connectivity index (χ1) is 67.6. The van der Waals surface area contributed by atoms with Crippen LogP contribution >= 0.6 is 11.6 Å². The van der Waals surface area contributed by atoms with Crippen LogP contribution in [0, 0.1) is 47.8 Å². The number of rotatable bonds is 27. The number of carbonyl (C=O) groups is 4. The molecule has 0 radical (unpaired) electrons. The number of nitriles is 3. The Hall–Kier alpha value is -13.6. The molecule has 31 nitrogen and oxygen atoms in total. The Bertz CT molecular complexity index is 6550. The molecule has 0 aliphatic carbocycles. The lowest BCUT2D eigenvalue weighted by atomic mass is 9.89. The number of nitrogens with zero attached hydrogens (tertiary/aromatic N) is 22. The highest BCUT2D eigenvalue weighted by Crippen LogP contribution is 2.46. The minimum atomic E-state index is -0.542. The molecule has 13 heterocycles. The monoisotopic (exact) mass is 1890 g/mol. The maximum absolute atomic E-state index is 14.1. The van der Waals surface area contributed by atoms with Gasteiger partial charge in [0, 0.05) is 198 Å². The average molecular weight is 1890 g/mol. The quantitative estimate of drug-likeness (QED) is 0.0467. The van der Waals surface area contributed by atoms with E-state index in [4.69, 9.17) is 60.5 Å². The Kier molecular flexibility index (Phi) is 28.2. The van der Waals surface area contributed by atoms with Crippen molar-refractivity contribution in [1.29, 1.82) is 15.8 Å². The van der Waals surface area contributed by atoms with Crippen molar-refractivity contribution in [1.82, 2.24) is 69.6 Å². The summed E-state index contributed by atoms with van der Waals surface area (Å²) in [6, 6.07) is 45.4. The number of ether oxygens (including phenoxy) is 4. The summed E-state index contributed by atoms with van der Waals surface area (Å²) in [5.74, 6) is 1.43. The fourth-order valence-electron chi connectivity index (χ4n) is 22.7. The molecule has 0 saturated carbocycles. The third-order valence-corrected chi connectivity index (χ3v) is 30.2. The molecule has 0 spiro atoms. The number of likely N-dealkylation sites (tertiary alicyclic amines) is 3. The Balaban J connectivity index is 0.578. The van der Waals surface area contributed by atoms with Gasteiger partial charge in [0.25, 0.3) is 5.91 Å². The van der Waals surface area contributed by atoms with Gasteiger partial charge >= 0.3 is 18.0 Å². The molecule has 2 unspecified atom stereocenters. The van der Waals surface area contributed by atoms with E-state index in [1.807, 2.05) is 29.2 Å². The van der Waals surface area contributed by atoms with Crippen LogP contribution in [0.5, 0.6) is 18.0 Å². The second-order valence-electron chi connectivity index (χ2n) is 38.6. The predicted octanol–water partition coefficient (Wildman–Crippen LogP) is 12.4. The number of fused-ring (bicyclic) bond motifs is 6. The van der Waals surface area contributed by atoms with Crippen molar-refractivity contribution < 1.29 is 38.1 Å². The second-order valence-corrected chi connectivity index (χ2v) is 39.0. The van der Waals surface area contributed by atoms with E-state index in [0.29, 0.717) is 154 Å². The van der Waals surface area contributed by atoms with Gasteiger partial charge in [0.15, 0.2) is 0 Å². The molecule has 0 bridgehead atoms. The second kappa shape index (κ2) is 41.6. The number of piperazine rings is 3. The molecule has 9 aliphatic heterocycles. The van der Waals surface area contributed by atoms with Crippen LogP contribution in [0.2, 0.25) is 5.02 Å². The number of halogens is 1. The zero-order valence-electron chi connectivity index (χ0n) is 80.3. The van der Waals surface area contributed by atoms with Gasteiger partial charge in [-0.1, -0.05) is 97.1 Å². The standard InChI is InChI=1S/C107H120ClN23O8/c1-68-15-9-19-74-53-75(56-95(98(68)74)125-45-36-88-92(64-125)116-105(137-65-81-20-13-42-120(81)5)117-102(88)127-47-50-130(79(60-127)30-38-110)97(134)28-25-72-32-40-112-41-33-72)76-54-82(121(6)57-76)66-138-106-115-91-63-124(44-35-87(91)103(119-106)128-48-51-131(80(61-128)31-39-111)104(135)70(3)113-71(4)132)94-27-26-84(85-21-10-16-69(2)99(85)94)77-55-83(122(7)58-77)67-139-107-114-90-62-123(93-23-12-18-73-17-11-22-89(108)100(73)93)43-34-86(90)101(118-107)126-46-49-129(78(59-126)29-37-109)96(133)24-14-52-136-8/h9-12,14-19,21-28,32-33,40-41,53,56,76-83H,3,13,20,29-31,34-36,42-52,54-55,57-67H2,1-2,4-8H3,(H,113,132)/b24-14+,28-25+/t76?,77?,78-,79-,80-,81-,82-,83-/m0/s1. The Morgan fingerprint density at radius 1 is 0.504 bits per heavy atom. The lowest BCUT2D eigenvalue weighted by molar-refractivity contribution is -0.131. The molecule has 6 saturated heterocycles. The van der Waals surface area contributed by atoms with E-state index >= 15 is 0 Å². The number of hydrogen-bond donors (Lipinski definition) is 1. The highest BCUT2D eigenvalue weighted by Gasteiger charge is 2.42. The number of aromatic nitrogens is 7. The Morgan fingerprint density at radius 3 is 1.55 bits per heavy atom. The number of benzene rings is 6. The SMILES string of the molecule is C=C(NC(C)=O)C(=O)N1CCN(c2nc(OC[C@@H]3CC(c4cc(N5CCc6c(nc(OC[C@@H]7CCCN7C)nc6N6CCN(C(=O)/C=C/c7ccncc7)[C@@H](CC#N)C6)C5)c5c(C)cccc5c4)CN3C)nc3c2CCN(c2ccc(C4C[C@@H](COc5nc6c(c(N7CCN(C(=O)/C=C/COC)[C@@H](CC#N)C7)n5)CCN(c5cccc7cccc(Cl)c57)C6)N(C)C4)c4cccc(C)c24)C3)C[C@@H]1CC#N. The van der Waals surface area contributed by atoms with Crippen molar-refractivity contribution in [3.05, 3.63) is 219 Å². The van der Waals surface area contributed by atoms with E-state index in [1.54, 1.807) is 47.5 Å². The summed E-state index contributed by atoms with van der Waals surface area (Å²) in [5, 5.41) is 40.8. The van der Waals surface area contributed by atoms with Crippen LogP contribution in [0.1, 0.15) is 125 Å². The van der Waals surface area contributed by atoms with Crippen LogP contribution in [-0.4, -0.2) is 277 Å². The molecule has 1 N–H and O–H groups in total. The highest BCUT2D eigenvalue weighted by molar-refractivity contribution is 6.36. The van der Waals surface area contributed by atoms with E-state index in [-0.39, 0.29) is 97.4 Å². The van der Waals surface area contributed by atoms with Gasteiger partial charge < -0.3 is 73.3 Å². The summed E-state index contributed by atoms with van der Waals surface area (Å²) in [6.45, 7) is 20.8. The first-order valence-electron chi connectivity index (χ1n) is 48.8. The maximum Gasteiger partial charge on any atom is 0.318 e. The predicted molar refractivity (Wildman–Crippen MR) is 537 cm³/mol. The van der Waals surface area contributed by atoms with Crippen molar-refractivity contribution in [2.45, 2.75) is 153 Å². The molecule has 6 fully saturated rings. The molecule has 9 aliphatic rings. The molecule has 4 amide bonds. The zero-order chi connectivity index (χ0) is 96.2. The number of nitrogens with one attached hydrogen (secondary N) is 1. The molecular weight excluding hydrogens is 1770 g/mol. The van der Waals surface area contributed by atoms with Gasteiger partial charge in [-0.25, -0.2) is 0 Å². The molecule has 32 heteroatoms. The zero-order valence-corrected chi connectivity index (χ0v) is 81.0. The van der Waals surface area contributed by atoms with Gasteiger partial charge in [0.2, 0.25) is 17.7 Å². The van der Waals surface area contributed by atoms with Crippen LogP contribution in [-0.2, 0) is 62.8 Å². The van der Waals surface area contributed by atoms with Crippen LogP contribution in [0.4, 0.5) is 34.5 Å². The van der Waals surface area contributed by atoms with Gasteiger partial charge in [-0.2, -0.15) is 45.7 Å².